The molecule has 82 valence electrons. The Hall–Kier alpha value is -0.370. The summed E-state index contributed by atoms with van der Waals surface area (Å²) in [5.41, 5.74) is 0.142. The Morgan fingerprint density at radius 2 is 2.14 bits per heavy atom. The lowest BCUT2D eigenvalue weighted by Crippen LogP contribution is -2.14. The highest BCUT2D eigenvalue weighted by atomic mass is 16.5. The van der Waals surface area contributed by atoms with E-state index >= 15 is 0 Å². The maximum absolute atomic E-state index is 11.6. The van der Waals surface area contributed by atoms with Crippen molar-refractivity contribution in [3.63, 3.8) is 0 Å². The summed E-state index contributed by atoms with van der Waals surface area (Å²) in [5.74, 6) is 1.04. The zero-order valence-electron chi connectivity index (χ0n) is 9.64. The van der Waals surface area contributed by atoms with E-state index in [1.54, 1.807) is 0 Å². The van der Waals surface area contributed by atoms with E-state index < -0.39 is 0 Å². The van der Waals surface area contributed by atoms with Crippen molar-refractivity contribution in [2.24, 2.45) is 11.3 Å². The number of hydrogen-bond donors (Lipinski definition) is 0. The molecular formula is C12H22O2. The Bertz CT molecular complexity index is 185. The fraction of sp³-hybridized carbons (Fsp3) is 0.917. The van der Waals surface area contributed by atoms with Crippen LogP contribution in [0.15, 0.2) is 0 Å². The van der Waals surface area contributed by atoms with Crippen molar-refractivity contribution in [2.45, 2.75) is 46.5 Å². The van der Waals surface area contributed by atoms with Crippen LogP contribution < -0.4 is 0 Å². The van der Waals surface area contributed by atoms with Crippen LogP contribution in [-0.2, 0) is 9.53 Å². The Morgan fingerprint density at radius 1 is 1.43 bits per heavy atom. The molecule has 0 bridgehead atoms. The summed E-state index contributed by atoms with van der Waals surface area (Å²) in [6, 6.07) is 0. The third-order valence-electron chi connectivity index (χ3n) is 2.58. The van der Waals surface area contributed by atoms with Crippen LogP contribution in [-0.4, -0.2) is 19.0 Å². The first-order chi connectivity index (χ1) is 6.47. The lowest BCUT2D eigenvalue weighted by atomic mass is 9.87. The minimum absolute atomic E-state index is 0.142. The Kier molecular flexibility index (Phi) is 4.11. The molecule has 2 heteroatoms. The highest BCUT2D eigenvalue weighted by Crippen LogP contribution is 2.23. The molecule has 1 unspecified atom stereocenters. The number of carbonyl (C=O) groups excluding carboxylic acids is 1. The zero-order chi connectivity index (χ0) is 10.6. The van der Waals surface area contributed by atoms with Crippen LogP contribution in [0.1, 0.15) is 46.5 Å². The van der Waals surface area contributed by atoms with Crippen LogP contribution in [0.3, 0.4) is 0 Å². The molecule has 1 aliphatic rings. The van der Waals surface area contributed by atoms with Gasteiger partial charge in [-0.05, 0) is 24.2 Å². The Balaban J connectivity index is 2.14. The van der Waals surface area contributed by atoms with Gasteiger partial charge in [0.1, 0.15) is 5.78 Å². The molecule has 0 aromatic carbocycles. The third kappa shape index (κ3) is 4.75. The molecule has 1 heterocycles. The normalized spacial score (nSPS) is 22.6. The number of Topliss-reactive ketones (excluding diaryl/α,β-unsaturated/α-hetero) is 1. The number of ether oxygens (including phenoxy) is 1. The zero-order valence-corrected chi connectivity index (χ0v) is 9.64. The van der Waals surface area contributed by atoms with E-state index in [4.69, 9.17) is 4.74 Å². The van der Waals surface area contributed by atoms with Crippen molar-refractivity contribution in [3.8, 4) is 0 Å². The summed E-state index contributed by atoms with van der Waals surface area (Å²) in [5, 5.41) is 0. The lowest BCUT2D eigenvalue weighted by molar-refractivity contribution is -0.121. The molecule has 1 atom stereocenters. The summed E-state index contributed by atoms with van der Waals surface area (Å²) in [6.45, 7) is 8.09. The van der Waals surface area contributed by atoms with Gasteiger partial charge in [0.2, 0.25) is 0 Å². The molecular weight excluding hydrogens is 176 g/mol. The van der Waals surface area contributed by atoms with E-state index in [9.17, 15) is 4.79 Å². The second-order valence-corrected chi connectivity index (χ2v) is 5.54. The van der Waals surface area contributed by atoms with E-state index in [2.05, 4.69) is 20.8 Å². The van der Waals surface area contributed by atoms with Crippen molar-refractivity contribution in [2.75, 3.05) is 13.2 Å². The highest BCUT2D eigenvalue weighted by molar-refractivity contribution is 5.78. The molecule has 0 N–H and O–H groups in total. The average molecular weight is 198 g/mol. The van der Waals surface area contributed by atoms with Gasteiger partial charge in [0.05, 0.1) is 0 Å². The van der Waals surface area contributed by atoms with Crippen molar-refractivity contribution >= 4 is 5.78 Å². The van der Waals surface area contributed by atoms with Gasteiger partial charge in [0, 0.05) is 26.1 Å². The lowest BCUT2D eigenvalue weighted by Gasteiger charge is -2.17. The van der Waals surface area contributed by atoms with E-state index in [0.29, 0.717) is 18.1 Å². The monoisotopic (exact) mass is 198 g/mol. The molecule has 1 rings (SSSR count). The fourth-order valence-corrected chi connectivity index (χ4v) is 1.86. The smallest absolute Gasteiger partial charge is 0.133 e. The maximum atomic E-state index is 11.6. The molecule has 0 aliphatic carbocycles. The first-order valence-corrected chi connectivity index (χ1v) is 5.57. The molecule has 0 aromatic rings. The molecule has 0 amide bonds. The fourth-order valence-electron chi connectivity index (χ4n) is 1.86. The maximum Gasteiger partial charge on any atom is 0.133 e. The third-order valence-corrected chi connectivity index (χ3v) is 2.58. The molecule has 0 spiro atoms. The van der Waals surface area contributed by atoms with E-state index in [1.807, 2.05) is 0 Å². The van der Waals surface area contributed by atoms with Gasteiger partial charge in [-0.25, -0.2) is 0 Å². The number of hydrogen-bond acceptors (Lipinski definition) is 2. The molecule has 2 nitrogen and oxygen atoms in total. The van der Waals surface area contributed by atoms with Gasteiger partial charge in [-0.2, -0.15) is 0 Å². The van der Waals surface area contributed by atoms with E-state index in [1.165, 1.54) is 0 Å². The summed E-state index contributed by atoms with van der Waals surface area (Å²) in [7, 11) is 0. The van der Waals surface area contributed by atoms with Gasteiger partial charge >= 0.3 is 0 Å². The number of carbonyl (C=O) groups is 1. The van der Waals surface area contributed by atoms with Crippen LogP contribution in [0, 0.1) is 11.3 Å². The van der Waals surface area contributed by atoms with Gasteiger partial charge in [-0.3, -0.25) is 4.79 Å². The van der Waals surface area contributed by atoms with Crippen LogP contribution in [0.25, 0.3) is 0 Å². The second kappa shape index (κ2) is 4.92. The minimum Gasteiger partial charge on any atom is -0.381 e. The quantitative estimate of drug-likeness (QED) is 0.694. The number of ketones is 1. The first kappa shape index (κ1) is 11.7. The van der Waals surface area contributed by atoms with Crippen molar-refractivity contribution in [1.29, 1.82) is 0 Å². The van der Waals surface area contributed by atoms with Gasteiger partial charge in [-0.15, -0.1) is 0 Å². The standard InChI is InChI=1S/C12H22O2/c1-12(2,3)8-11(13)5-4-10-6-7-14-9-10/h10H,4-9H2,1-3H3. The molecule has 1 saturated heterocycles. The molecule has 1 aliphatic heterocycles. The summed E-state index contributed by atoms with van der Waals surface area (Å²) < 4.78 is 5.28. The summed E-state index contributed by atoms with van der Waals surface area (Å²) >= 11 is 0. The van der Waals surface area contributed by atoms with Gasteiger partial charge in [-0.1, -0.05) is 20.8 Å². The van der Waals surface area contributed by atoms with Crippen LogP contribution in [0.5, 0.6) is 0 Å². The Morgan fingerprint density at radius 3 is 2.64 bits per heavy atom. The van der Waals surface area contributed by atoms with Gasteiger partial charge in [0.25, 0.3) is 0 Å². The molecule has 14 heavy (non-hydrogen) atoms. The van der Waals surface area contributed by atoms with Crippen molar-refractivity contribution in [1.82, 2.24) is 0 Å². The van der Waals surface area contributed by atoms with Crippen molar-refractivity contribution in [3.05, 3.63) is 0 Å². The first-order valence-electron chi connectivity index (χ1n) is 5.57. The number of rotatable bonds is 4. The van der Waals surface area contributed by atoms with E-state index in [-0.39, 0.29) is 5.41 Å². The van der Waals surface area contributed by atoms with Crippen molar-refractivity contribution < 1.29 is 9.53 Å². The molecule has 0 saturated carbocycles. The van der Waals surface area contributed by atoms with Gasteiger partial charge < -0.3 is 4.74 Å². The largest absolute Gasteiger partial charge is 0.381 e. The van der Waals surface area contributed by atoms with Crippen LogP contribution >= 0.6 is 0 Å². The van der Waals surface area contributed by atoms with Crippen LogP contribution in [0.2, 0.25) is 0 Å². The second-order valence-electron chi connectivity index (χ2n) is 5.54. The minimum atomic E-state index is 0.142. The van der Waals surface area contributed by atoms with E-state index in [0.717, 1.165) is 32.5 Å². The van der Waals surface area contributed by atoms with Crippen LogP contribution in [0.4, 0.5) is 0 Å². The summed E-state index contributed by atoms with van der Waals surface area (Å²) in [4.78, 5) is 11.6. The van der Waals surface area contributed by atoms with Gasteiger partial charge in [0.15, 0.2) is 0 Å². The SMILES string of the molecule is CC(C)(C)CC(=O)CCC1CCOC1. The molecule has 0 aromatic heterocycles. The topological polar surface area (TPSA) is 26.3 Å². The summed E-state index contributed by atoms with van der Waals surface area (Å²) in [6.07, 6.45) is 3.61. The average Bonchev–Trinajstić information content (AvgIpc) is 2.49. The predicted molar refractivity (Wildman–Crippen MR) is 57.2 cm³/mol. The predicted octanol–water partition coefficient (Wildman–Crippen LogP) is 2.81. The highest BCUT2D eigenvalue weighted by Gasteiger charge is 2.19. The molecule has 0 radical (unpaired) electrons. The Labute approximate surface area is 87.0 Å². The molecule has 1 fully saturated rings.